The van der Waals surface area contributed by atoms with E-state index in [9.17, 15) is 9.59 Å². The number of aromatic nitrogens is 2. The van der Waals surface area contributed by atoms with Gasteiger partial charge in [-0.2, -0.15) is 5.10 Å². The topological polar surface area (TPSA) is 75.3 Å². The summed E-state index contributed by atoms with van der Waals surface area (Å²) in [5, 5.41) is 7.46. The zero-order valence-corrected chi connectivity index (χ0v) is 16.0. The number of ketones is 1. The Hall–Kier alpha value is -3.41. The van der Waals surface area contributed by atoms with Crippen LogP contribution in [0.2, 0.25) is 0 Å². The molecule has 0 radical (unpaired) electrons. The third-order valence-electron chi connectivity index (χ3n) is 5.25. The molecule has 0 aliphatic carbocycles. The van der Waals surface area contributed by atoms with Crippen LogP contribution in [-0.4, -0.2) is 35.6 Å². The van der Waals surface area contributed by atoms with Gasteiger partial charge in [0.25, 0.3) is 0 Å². The monoisotopic (exact) mass is 375 g/mol. The molecule has 4 rings (SSSR count). The van der Waals surface area contributed by atoms with Gasteiger partial charge in [0.1, 0.15) is 0 Å². The zero-order chi connectivity index (χ0) is 19.9. The second-order valence-electron chi connectivity index (χ2n) is 7.39. The molecule has 28 heavy (non-hydrogen) atoms. The summed E-state index contributed by atoms with van der Waals surface area (Å²) in [4.78, 5) is 26.9. The largest absolute Gasteiger partial charge is 0.453 e. The van der Waals surface area contributed by atoms with Crippen LogP contribution in [0.1, 0.15) is 29.9 Å². The summed E-state index contributed by atoms with van der Waals surface area (Å²) in [6, 6.07) is 15.4. The zero-order valence-electron chi connectivity index (χ0n) is 16.0. The van der Waals surface area contributed by atoms with Crippen molar-refractivity contribution in [3.05, 3.63) is 71.6 Å². The Morgan fingerprint density at radius 3 is 2.64 bits per heavy atom. The Morgan fingerprint density at radius 2 is 1.86 bits per heavy atom. The molecule has 1 N–H and O–H groups in total. The Morgan fingerprint density at radius 1 is 1.14 bits per heavy atom. The van der Waals surface area contributed by atoms with E-state index >= 15 is 0 Å². The van der Waals surface area contributed by atoms with Crippen LogP contribution in [0.3, 0.4) is 0 Å². The molecule has 142 valence electrons. The van der Waals surface area contributed by atoms with Gasteiger partial charge in [0.2, 0.25) is 0 Å². The number of esters is 1. The molecule has 0 fully saturated rings. The molecule has 0 bridgehead atoms. The number of nitrogens with one attached hydrogen (secondary N) is 1. The number of H-pyrrole nitrogens is 1. The maximum atomic E-state index is 12.5. The normalized spacial score (nSPS) is 16.4. The number of allylic oxidation sites excluding steroid dienone is 1. The number of rotatable bonds is 4. The number of carbonyl (C=O) groups excluding carboxylic acids is 2. The van der Waals surface area contributed by atoms with Crippen molar-refractivity contribution in [3.63, 3.8) is 0 Å². The molecule has 0 amide bonds. The maximum Gasteiger partial charge on any atom is 0.359 e. The van der Waals surface area contributed by atoms with Crippen LogP contribution < -0.4 is 4.90 Å². The van der Waals surface area contributed by atoms with Crippen molar-refractivity contribution in [2.45, 2.75) is 19.3 Å². The van der Waals surface area contributed by atoms with Crippen molar-refractivity contribution in [2.75, 3.05) is 18.6 Å². The quantitative estimate of drug-likeness (QED) is 0.557. The van der Waals surface area contributed by atoms with Crippen molar-refractivity contribution in [1.29, 1.82) is 0 Å². The van der Waals surface area contributed by atoms with Crippen LogP contribution in [0.5, 0.6) is 0 Å². The molecule has 0 atom stereocenters. The third kappa shape index (κ3) is 2.87. The van der Waals surface area contributed by atoms with E-state index in [2.05, 4.69) is 30.1 Å². The lowest BCUT2D eigenvalue weighted by atomic mass is 9.83. The van der Waals surface area contributed by atoms with E-state index in [4.69, 9.17) is 4.74 Å². The third-order valence-corrected chi connectivity index (χ3v) is 5.25. The number of benzene rings is 2. The number of hydrogen-bond acceptors (Lipinski definition) is 5. The summed E-state index contributed by atoms with van der Waals surface area (Å²) in [5.74, 6) is -0.887. The van der Waals surface area contributed by atoms with Crippen LogP contribution in [0.15, 0.2) is 60.3 Å². The first kappa shape index (κ1) is 18.0. The van der Waals surface area contributed by atoms with E-state index in [0.717, 1.165) is 22.5 Å². The van der Waals surface area contributed by atoms with Gasteiger partial charge >= 0.3 is 5.97 Å². The van der Waals surface area contributed by atoms with Crippen molar-refractivity contribution >= 4 is 28.3 Å². The summed E-state index contributed by atoms with van der Waals surface area (Å²) >= 11 is 0. The average Bonchev–Trinajstić information content (AvgIpc) is 3.20. The summed E-state index contributed by atoms with van der Waals surface area (Å²) in [7, 11) is 1.94. The Labute approximate surface area is 162 Å². The Balaban J connectivity index is 1.50. The van der Waals surface area contributed by atoms with Gasteiger partial charge in [0, 0.05) is 35.3 Å². The van der Waals surface area contributed by atoms with Gasteiger partial charge in [-0.15, -0.1) is 0 Å². The van der Waals surface area contributed by atoms with Gasteiger partial charge in [-0.1, -0.05) is 50.2 Å². The Kier molecular flexibility index (Phi) is 4.26. The first-order valence-electron chi connectivity index (χ1n) is 9.08. The number of carbonyl (C=O) groups is 2. The minimum atomic E-state index is -0.619. The standard InChI is InChI=1S/C22H21N3O3/c1-22(2)16-9-5-7-11-18(16)25(3)19(22)12-14(26)13-28-21(27)20-15-8-4-6-10-17(15)23-24-20/h4-12H,13H2,1-3H3,(H,23,24). The molecule has 0 unspecified atom stereocenters. The molecule has 6 nitrogen and oxygen atoms in total. The van der Waals surface area contributed by atoms with Gasteiger partial charge in [-0.05, 0) is 17.7 Å². The van der Waals surface area contributed by atoms with Crippen molar-refractivity contribution in [3.8, 4) is 0 Å². The van der Waals surface area contributed by atoms with Crippen molar-refractivity contribution < 1.29 is 14.3 Å². The number of fused-ring (bicyclic) bond motifs is 2. The summed E-state index contributed by atoms with van der Waals surface area (Å²) in [5.41, 5.74) is 3.74. The van der Waals surface area contributed by atoms with Crippen LogP contribution in [0.4, 0.5) is 5.69 Å². The lowest BCUT2D eigenvalue weighted by molar-refractivity contribution is -0.117. The average molecular weight is 375 g/mol. The number of hydrogen-bond donors (Lipinski definition) is 1. The van der Waals surface area contributed by atoms with Crippen molar-refractivity contribution in [1.82, 2.24) is 10.2 Å². The number of aromatic amines is 1. The highest BCUT2D eigenvalue weighted by Crippen LogP contribution is 2.46. The molecular formula is C22H21N3O3. The lowest BCUT2D eigenvalue weighted by Crippen LogP contribution is -2.25. The molecule has 2 heterocycles. The first-order valence-corrected chi connectivity index (χ1v) is 9.08. The second-order valence-corrected chi connectivity index (χ2v) is 7.39. The maximum absolute atomic E-state index is 12.5. The number of nitrogens with zero attached hydrogens (tertiary/aromatic N) is 2. The van der Waals surface area contributed by atoms with Crippen LogP contribution in [0, 0.1) is 0 Å². The first-order chi connectivity index (χ1) is 13.4. The summed E-state index contributed by atoms with van der Waals surface area (Å²) < 4.78 is 5.21. The molecule has 0 saturated carbocycles. The highest BCUT2D eigenvalue weighted by molar-refractivity contribution is 6.03. The summed E-state index contributed by atoms with van der Waals surface area (Å²) in [6.07, 6.45) is 1.57. The molecule has 6 heteroatoms. The van der Waals surface area contributed by atoms with Gasteiger partial charge < -0.3 is 9.64 Å². The molecule has 0 saturated heterocycles. The number of likely N-dealkylation sites (N-methyl/N-ethyl adjacent to an activating group) is 1. The van der Waals surface area contributed by atoms with E-state index in [1.165, 1.54) is 0 Å². The van der Waals surface area contributed by atoms with Gasteiger partial charge in [0.15, 0.2) is 18.1 Å². The predicted molar refractivity (Wildman–Crippen MR) is 107 cm³/mol. The van der Waals surface area contributed by atoms with Gasteiger partial charge in [-0.25, -0.2) is 4.79 Å². The molecule has 1 aliphatic heterocycles. The molecular weight excluding hydrogens is 354 g/mol. The second kappa shape index (κ2) is 6.64. The molecule has 3 aromatic rings. The van der Waals surface area contributed by atoms with Crippen LogP contribution >= 0.6 is 0 Å². The molecule has 1 aliphatic rings. The van der Waals surface area contributed by atoms with Crippen molar-refractivity contribution in [2.24, 2.45) is 0 Å². The van der Waals surface area contributed by atoms with E-state index in [-0.39, 0.29) is 23.5 Å². The van der Waals surface area contributed by atoms with E-state index in [1.54, 1.807) is 12.1 Å². The minimum absolute atomic E-state index is 0.182. The SMILES string of the molecule is CN1C(=CC(=O)COC(=O)c2n[nH]c3ccccc23)C(C)(C)c2ccccc21. The van der Waals surface area contributed by atoms with Gasteiger partial charge in [0.05, 0.1) is 5.52 Å². The fourth-order valence-electron chi connectivity index (χ4n) is 3.78. The number of anilines is 1. The predicted octanol–water partition coefficient (Wildman–Crippen LogP) is 3.60. The molecule has 1 aromatic heterocycles. The molecule has 0 spiro atoms. The van der Waals surface area contributed by atoms with E-state index in [0.29, 0.717) is 5.39 Å². The Bertz CT molecular complexity index is 1110. The van der Waals surface area contributed by atoms with Gasteiger partial charge in [-0.3, -0.25) is 9.89 Å². The molecule has 2 aromatic carbocycles. The highest BCUT2D eigenvalue weighted by Gasteiger charge is 2.38. The van der Waals surface area contributed by atoms with Crippen LogP contribution in [0.25, 0.3) is 10.9 Å². The smallest absolute Gasteiger partial charge is 0.359 e. The fraction of sp³-hybridized carbons (Fsp3) is 0.227. The fourth-order valence-corrected chi connectivity index (χ4v) is 3.78. The summed E-state index contributed by atoms with van der Waals surface area (Å²) in [6.45, 7) is 3.83. The number of para-hydroxylation sites is 2. The van der Waals surface area contributed by atoms with E-state index in [1.807, 2.05) is 48.3 Å². The minimum Gasteiger partial charge on any atom is -0.453 e. The highest BCUT2D eigenvalue weighted by atomic mass is 16.5. The van der Waals surface area contributed by atoms with E-state index < -0.39 is 5.97 Å². The lowest BCUT2D eigenvalue weighted by Gasteiger charge is -2.23. The van der Waals surface area contributed by atoms with Crippen LogP contribution in [-0.2, 0) is 14.9 Å². The number of ether oxygens (including phenoxy) is 1.